The molecule has 33 heavy (non-hydrogen) atoms. The van der Waals surface area contributed by atoms with Crippen LogP contribution >= 0.6 is 0 Å². The van der Waals surface area contributed by atoms with Crippen LogP contribution in [-0.4, -0.2) is 22.9 Å². The zero-order valence-electron chi connectivity index (χ0n) is 17.0. The zero-order valence-corrected chi connectivity index (χ0v) is 17.8. The highest BCUT2D eigenvalue weighted by molar-refractivity contribution is 7.86. The molecule has 0 saturated carbocycles. The molecule has 1 aromatic heterocycles. The van der Waals surface area contributed by atoms with Gasteiger partial charge in [0.1, 0.15) is 16.4 Å². The van der Waals surface area contributed by atoms with Crippen molar-refractivity contribution in [3.05, 3.63) is 72.2 Å². The first-order valence-electron chi connectivity index (χ1n) is 9.40. The Bertz CT molecular complexity index is 1510. The molecule has 1 heterocycles. The Labute approximate surface area is 186 Å². The fourth-order valence-electron chi connectivity index (χ4n) is 3.17. The van der Waals surface area contributed by atoms with Gasteiger partial charge in [-0.25, -0.2) is 0 Å². The fourth-order valence-corrected chi connectivity index (χ4v) is 3.87. The Morgan fingerprint density at radius 1 is 1.00 bits per heavy atom. The van der Waals surface area contributed by atoms with Gasteiger partial charge in [-0.15, -0.1) is 5.11 Å². The molecule has 0 bridgehead atoms. The van der Waals surface area contributed by atoms with E-state index < -0.39 is 22.1 Å². The van der Waals surface area contributed by atoms with E-state index in [1.54, 1.807) is 31.2 Å². The molecule has 4 rings (SSSR count). The molecule has 4 aromatic rings. The average Bonchev–Trinajstić information content (AvgIpc) is 2.73. The highest BCUT2D eigenvalue weighted by Gasteiger charge is 2.16. The van der Waals surface area contributed by atoms with E-state index in [1.165, 1.54) is 24.3 Å². The molecule has 0 aliphatic rings. The maximum Gasteiger partial charge on any atom is 0.313 e. The zero-order chi connectivity index (χ0) is 23.8. The number of nitrogens with zero attached hydrogens (tertiary/aromatic N) is 4. The number of aryl methyl sites for hydroxylation is 1. The van der Waals surface area contributed by atoms with E-state index in [0.717, 1.165) is 11.6 Å². The largest absolute Gasteiger partial charge is 0.397 e. The van der Waals surface area contributed by atoms with Gasteiger partial charge in [-0.1, -0.05) is 24.3 Å². The van der Waals surface area contributed by atoms with Crippen LogP contribution in [0.5, 0.6) is 0 Å². The normalized spacial score (nSPS) is 11.9. The van der Waals surface area contributed by atoms with Crippen LogP contribution in [0.3, 0.4) is 0 Å². The molecule has 9 nitrogen and oxygen atoms in total. The quantitative estimate of drug-likeness (QED) is 0.119. The number of nitrogens with one attached hydrogen (secondary N) is 1. The number of aromatic nitrogens is 2. The molecule has 0 aliphatic carbocycles. The summed E-state index contributed by atoms with van der Waals surface area (Å²) in [6.07, 6.45) is -1.21. The van der Waals surface area contributed by atoms with Crippen LogP contribution in [0.25, 0.3) is 10.8 Å². The molecule has 0 saturated heterocycles. The van der Waals surface area contributed by atoms with Crippen LogP contribution in [0.2, 0.25) is 0 Å². The lowest BCUT2D eigenvalue weighted by Gasteiger charge is -2.09. The van der Waals surface area contributed by atoms with Gasteiger partial charge in [0, 0.05) is 22.5 Å². The number of benzene rings is 3. The van der Waals surface area contributed by atoms with Gasteiger partial charge in [-0.2, -0.15) is 32.3 Å². The summed E-state index contributed by atoms with van der Waals surface area (Å²) < 4.78 is 59.5. The minimum absolute atomic E-state index is 0.0808. The van der Waals surface area contributed by atoms with E-state index in [-0.39, 0.29) is 27.5 Å². The predicted molar refractivity (Wildman–Crippen MR) is 119 cm³/mol. The molecule has 4 N–H and O–H groups in total. The number of nitrogens with two attached hydrogens (primary N) is 1. The molecule has 12 heteroatoms. The monoisotopic (exact) mass is 470 g/mol. The lowest BCUT2D eigenvalue weighted by molar-refractivity contribution is 0.483. The van der Waals surface area contributed by atoms with Crippen molar-refractivity contribution in [3.63, 3.8) is 0 Å². The predicted octanol–water partition coefficient (Wildman–Crippen LogP) is 5.20. The smallest absolute Gasteiger partial charge is 0.313 e. The highest BCUT2D eigenvalue weighted by Crippen LogP contribution is 2.37. The third-order valence-electron chi connectivity index (χ3n) is 4.71. The summed E-state index contributed by atoms with van der Waals surface area (Å²) in [6, 6.07) is 13.2. The molecule has 0 unspecified atom stereocenters. The van der Waals surface area contributed by atoms with Gasteiger partial charge in [-0.3, -0.25) is 4.55 Å². The molecule has 0 fully saturated rings. The van der Waals surface area contributed by atoms with Crippen molar-refractivity contribution in [3.8, 4) is 0 Å². The standard InChI is InChI=1S/C21H16F2N6O3S/c1-11-5-6-12(25-19-10-18(22)26-21(23)27-19)9-16(11)28-29-20-14-3-2-4-17(33(30,31)32)13(14)7-8-15(20)24/h2-10H,24H2,1H3,(H,25,26,27)(H,30,31,32). The van der Waals surface area contributed by atoms with Crippen molar-refractivity contribution in [2.24, 2.45) is 10.2 Å². The second kappa shape index (κ2) is 8.48. The lowest BCUT2D eigenvalue weighted by atomic mass is 10.1. The van der Waals surface area contributed by atoms with Crippen molar-refractivity contribution < 1.29 is 21.8 Å². The summed E-state index contributed by atoms with van der Waals surface area (Å²) in [5.41, 5.74) is 8.10. The molecule has 3 aromatic carbocycles. The maximum absolute atomic E-state index is 13.3. The van der Waals surface area contributed by atoms with Crippen molar-refractivity contribution >= 4 is 49.5 Å². The fraction of sp³-hybridized carbons (Fsp3) is 0.0476. The van der Waals surface area contributed by atoms with Crippen molar-refractivity contribution in [2.45, 2.75) is 11.8 Å². The van der Waals surface area contributed by atoms with Crippen LogP contribution in [0, 0.1) is 18.9 Å². The second-order valence-electron chi connectivity index (χ2n) is 7.00. The molecule has 0 amide bonds. The molecule has 0 radical (unpaired) electrons. The Morgan fingerprint density at radius 3 is 2.52 bits per heavy atom. The second-order valence-corrected chi connectivity index (χ2v) is 8.39. The van der Waals surface area contributed by atoms with Crippen LogP contribution < -0.4 is 11.1 Å². The van der Waals surface area contributed by atoms with Gasteiger partial charge in [0.15, 0.2) is 0 Å². The number of fused-ring (bicyclic) bond motifs is 1. The van der Waals surface area contributed by atoms with Crippen molar-refractivity contribution in [1.29, 1.82) is 0 Å². The summed E-state index contributed by atoms with van der Waals surface area (Å²) in [5.74, 6) is -1.10. The summed E-state index contributed by atoms with van der Waals surface area (Å²) >= 11 is 0. The minimum Gasteiger partial charge on any atom is -0.397 e. The number of halogens is 2. The third-order valence-corrected chi connectivity index (χ3v) is 5.62. The molecule has 0 spiro atoms. The first kappa shape index (κ1) is 22.2. The van der Waals surface area contributed by atoms with E-state index in [9.17, 15) is 21.8 Å². The van der Waals surface area contributed by atoms with E-state index in [1.807, 2.05) is 0 Å². The van der Waals surface area contributed by atoms with E-state index in [2.05, 4.69) is 25.5 Å². The Kier molecular flexibility index (Phi) is 5.70. The number of hydrogen-bond donors (Lipinski definition) is 3. The molecular formula is C21H16F2N6O3S. The first-order chi connectivity index (χ1) is 15.6. The van der Waals surface area contributed by atoms with Crippen molar-refractivity contribution in [1.82, 2.24) is 9.97 Å². The number of azo groups is 1. The molecular weight excluding hydrogens is 454 g/mol. The van der Waals surface area contributed by atoms with Gasteiger partial charge >= 0.3 is 6.08 Å². The van der Waals surface area contributed by atoms with Gasteiger partial charge in [0.2, 0.25) is 5.95 Å². The Morgan fingerprint density at radius 2 is 1.79 bits per heavy atom. The summed E-state index contributed by atoms with van der Waals surface area (Å²) in [7, 11) is -4.46. The van der Waals surface area contributed by atoms with Gasteiger partial charge in [0.25, 0.3) is 10.1 Å². The van der Waals surface area contributed by atoms with Crippen LogP contribution in [0.15, 0.2) is 69.7 Å². The average molecular weight is 470 g/mol. The SMILES string of the molecule is Cc1ccc(Nc2cc(F)nc(F)n2)cc1N=Nc1c(N)ccc2c(S(=O)(=O)O)cccc12. The van der Waals surface area contributed by atoms with E-state index in [4.69, 9.17) is 5.73 Å². The van der Waals surface area contributed by atoms with Crippen LogP contribution in [-0.2, 0) is 10.1 Å². The lowest BCUT2D eigenvalue weighted by Crippen LogP contribution is -2.00. The van der Waals surface area contributed by atoms with E-state index in [0.29, 0.717) is 16.8 Å². The van der Waals surface area contributed by atoms with Crippen LogP contribution in [0.1, 0.15) is 5.56 Å². The number of anilines is 3. The number of hydrogen-bond acceptors (Lipinski definition) is 8. The minimum atomic E-state index is -4.46. The Balaban J connectivity index is 1.74. The first-order valence-corrected chi connectivity index (χ1v) is 10.8. The molecule has 0 aliphatic heterocycles. The number of nitrogen functional groups attached to an aromatic ring is 1. The Hall–Kier alpha value is -4.03. The van der Waals surface area contributed by atoms with Gasteiger partial charge in [-0.05, 0) is 36.8 Å². The van der Waals surface area contributed by atoms with Gasteiger partial charge in [0.05, 0.1) is 11.4 Å². The molecule has 0 atom stereocenters. The molecule has 168 valence electrons. The van der Waals surface area contributed by atoms with Gasteiger partial charge < -0.3 is 11.1 Å². The van der Waals surface area contributed by atoms with Crippen LogP contribution in [0.4, 0.5) is 37.3 Å². The van der Waals surface area contributed by atoms with E-state index >= 15 is 0 Å². The number of rotatable bonds is 5. The van der Waals surface area contributed by atoms with Crippen molar-refractivity contribution in [2.75, 3.05) is 11.1 Å². The summed E-state index contributed by atoms with van der Waals surface area (Å²) in [5, 5.41) is 11.8. The third kappa shape index (κ3) is 4.76. The maximum atomic E-state index is 13.3. The topological polar surface area (TPSA) is 143 Å². The highest BCUT2D eigenvalue weighted by atomic mass is 32.2. The summed E-state index contributed by atoms with van der Waals surface area (Å²) in [6.45, 7) is 1.78. The summed E-state index contributed by atoms with van der Waals surface area (Å²) in [4.78, 5) is 6.15.